The molecule has 0 atom stereocenters. The minimum atomic E-state index is -0.399. The van der Waals surface area contributed by atoms with E-state index >= 15 is 0 Å². The molecule has 2 rings (SSSR count). The number of benzene rings is 1. The first kappa shape index (κ1) is 12.6. The lowest BCUT2D eigenvalue weighted by atomic mass is 10.2. The Morgan fingerprint density at radius 1 is 1.24 bits per heavy atom. The molecular formula is C11H7Cl2FN2S. The van der Waals surface area contributed by atoms with Crippen LogP contribution in [0.5, 0.6) is 0 Å². The fourth-order valence-electron chi connectivity index (χ4n) is 1.19. The van der Waals surface area contributed by atoms with Crippen LogP contribution in [0.25, 0.3) is 0 Å². The van der Waals surface area contributed by atoms with E-state index in [1.54, 1.807) is 24.4 Å². The molecule has 1 aromatic carbocycles. The van der Waals surface area contributed by atoms with E-state index in [-0.39, 0.29) is 5.02 Å². The summed E-state index contributed by atoms with van der Waals surface area (Å²) in [6.07, 6.45) is 1.56. The van der Waals surface area contributed by atoms with E-state index in [4.69, 9.17) is 23.2 Å². The number of hydrogen-bond acceptors (Lipinski definition) is 3. The van der Waals surface area contributed by atoms with Gasteiger partial charge in [0, 0.05) is 11.9 Å². The maximum atomic E-state index is 13.6. The topological polar surface area (TPSA) is 25.8 Å². The standard InChI is InChI=1S/C11H7Cl2FN2S/c12-8-3-1-2-7(10(8)14)6-17-11-15-5-4-9(13)16-11/h1-5H,6H2. The van der Waals surface area contributed by atoms with Crippen LogP contribution in [0, 0.1) is 5.82 Å². The van der Waals surface area contributed by atoms with E-state index in [9.17, 15) is 4.39 Å². The third-order valence-corrected chi connectivity index (χ3v) is 3.40. The molecule has 0 amide bonds. The quantitative estimate of drug-likeness (QED) is 0.481. The molecule has 0 N–H and O–H groups in total. The van der Waals surface area contributed by atoms with Gasteiger partial charge < -0.3 is 0 Å². The molecule has 0 aliphatic carbocycles. The Balaban J connectivity index is 2.10. The van der Waals surface area contributed by atoms with E-state index in [1.807, 2.05) is 0 Å². The predicted octanol–water partition coefficient (Wildman–Crippen LogP) is 4.21. The first-order chi connectivity index (χ1) is 8.16. The lowest BCUT2D eigenvalue weighted by Crippen LogP contribution is -1.91. The SMILES string of the molecule is Fc1c(Cl)cccc1CSc1nccc(Cl)n1. The van der Waals surface area contributed by atoms with Gasteiger partial charge in [-0.15, -0.1) is 0 Å². The summed E-state index contributed by atoms with van der Waals surface area (Å²) in [6.45, 7) is 0. The molecule has 0 unspecified atom stereocenters. The van der Waals surface area contributed by atoms with Gasteiger partial charge in [0.15, 0.2) is 5.16 Å². The fraction of sp³-hybridized carbons (Fsp3) is 0.0909. The van der Waals surface area contributed by atoms with Crippen LogP contribution in [0.1, 0.15) is 5.56 Å². The molecule has 0 saturated carbocycles. The van der Waals surface area contributed by atoms with Crippen molar-refractivity contribution in [3.63, 3.8) is 0 Å². The summed E-state index contributed by atoms with van der Waals surface area (Å²) in [4.78, 5) is 8.02. The van der Waals surface area contributed by atoms with Crippen LogP contribution in [0.15, 0.2) is 35.6 Å². The summed E-state index contributed by atoms with van der Waals surface area (Å²) in [7, 11) is 0. The molecule has 2 aromatic rings. The second-order valence-electron chi connectivity index (χ2n) is 3.16. The van der Waals surface area contributed by atoms with Crippen molar-refractivity contribution < 1.29 is 4.39 Å². The van der Waals surface area contributed by atoms with Gasteiger partial charge in [-0.05, 0) is 17.7 Å². The van der Waals surface area contributed by atoms with Gasteiger partial charge in [-0.25, -0.2) is 14.4 Å². The van der Waals surface area contributed by atoms with Crippen molar-refractivity contribution in [3.05, 3.63) is 52.0 Å². The van der Waals surface area contributed by atoms with Crippen molar-refractivity contribution in [1.29, 1.82) is 0 Å². The molecule has 0 bridgehead atoms. The average molecular weight is 289 g/mol. The molecular weight excluding hydrogens is 282 g/mol. The molecule has 0 saturated heterocycles. The molecule has 1 aromatic heterocycles. The molecule has 0 spiro atoms. The highest BCUT2D eigenvalue weighted by Crippen LogP contribution is 2.25. The van der Waals surface area contributed by atoms with Gasteiger partial charge in [0.05, 0.1) is 5.02 Å². The second kappa shape index (κ2) is 5.67. The Morgan fingerprint density at radius 2 is 2.06 bits per heavy atom. The number of nitrogens with zero attached hydrogens (tertiary/aromatic N) is 2. The predicted molar refractivity (Wildman–Crippen MR) is 68.0 cm³/mol. The Bertz CT molecular complexity index is 537. The highest BCUT2D eigenvalue weighted by molar-refractivity contribution is 7.98. The minimum absolute atomic E-state index is 0.120. The fourth-order valence-corrected chi connectivity index (χ4v) is 2.38. The van der Waals surface area contributed by atoms with E-state index < -0.39 is 5.82 Å². The van der Waals surface area contributed by atoms with Crippen LogP contribution in [0.3, 0.4) is 0 Å². The molecule has 0 fully saturated rings. The zero-order valence-corrected chi connectivity index (χ0v) is 10.9. The summed E-state index contributed by atoms with van der Waals surface area (Å²) < 4.78 is 13.6. The van der Waals surface area contributed by atoms with Crippen LogP contribution >= 0.6 is 35.0 Å². The molecule has 0 radical (unpaired) electrons. The van der Waals surface area contributed by atoms with Crippen LogP contribution in [-0.4, -0.2) is 9.97 Å². The Kier molecular flexibility index (Phi) is 4.20. The van der Waals surface area contributed by atoms with Crippen molar-refractivity contribution in [2.24, 2.45) is 0 Å². The lowest BCUT2D eigenvalue weighted by Gasteiger charge is -2.03. The van der Waals surface area contributed by atoms with Gasteiger partial charge in [-0.2, -0.15) is 0 Å². The Morgan fingerprint density at radius 3 is 2.82 bits per heavy atom. The first-order valence-electron chi connectivity index (χ1n) is 4.71. The van der Waals surface area contributed by atoms with Crippen molar-refractivity contribution in [3.8, 4) is 0 Å². The average Bonchev–Trinajstić information content (AvgIpc) is 2.31. The molecule has 1 heterocycles. The smallest absolute Gasteiger partial charge is 0.189 e. The largest absolute Gasteiger partial charge is 0.231 e. The zero-order chi connectivity index (χ0) is 12.3. The van der Waals surface area contributed by atoms with E-state index in [1.165, 1.54) is 17.8 Å². The number of aromatic nitrogens is 2. The second-order valence-corrected chi connectivity index (χ2v) is 4.90. The van der Waals surface area contributed by atoms with E-state index in [0.29, 0.717) is 21.6 Å². The lowest BCUT2D eigenvalue weighted by molar-refractivity contribution is 0.617. The highest BCUT2D eigenvalue weighted by atomic mass is 35.5. The maximum Gasteiger partial charge on any atom is 0.189 e. The zero-order valence-electron chi connectivity index (χ0n) is 8.53. The van der Waals surface area contributed by atoms with Crippen LogP contribution in [-0.2, 0) is 5.75 Å². The van der Waals surface area contributed by atoms with E-state index in [2.05, 4.69) is 9.97 Å². The first-order valence-corrected chi connectivity index (χ1v) is 6.45. The molecule has 2 nitrogen and oxygen atoms in total. The third kappa shape index (κ3) is 3.31. The number of thioether (sulfide) groups is 1. The summed E-state index contributed by atoms with van der Waals surface area (Å²) in [5.74, 6) is 0.0101. The molecule has 88 valence electrons. The minimum Gasteiger partial charge on any atom is -0.231 e. The Hall–Kier alpha value is -0.840. The van der Waals surface area contributed by atoms with Crippen molar-refractivity contribution in [2.45, 2.75) is 10.9 Å². The molecule has 0 aliphatic heterocycles. The maximum absolute atomic E-state index is 13.6. The molecule has 6 heteroatoms. The summed E-state index contributed by atoms with van der Waals surface area (Å²) >= 11 is 12.7. The van der Waals surface area contributed by atoms with Gasteiger partial charge in [0.1, 0.15) is 11.0 Å². The molecule has 17 heavy (non-hydrogen) atoms. The van der Waals surface area contributed by atoms with E-state index in [0.717, 1.165) is 0 Å². The Labute approximate surface area is 112 Å². The van der Waals surface area contributed by atoms with Crippen LogP contribution in [0.4, 0.5) is 4.39 Å². The van der Waals surface area contributed by atoms with Crippen molar-refractivity contribution >= 4 is 35.0 Å². The van der Waals surface area contributed by atoms with Crippen molar-refractivity contribution in [2.75, 3.05) is 0 Å². The van der Waals surface area contributed by atoms with Crippen molar-refractivity contribution in [1.82, 2.24) is 9.97 Å². The van der Waals surface area contributed by atoms with Gasteiger partial charge in [-0.1, -0.05) is 47.1 Å². The van der Waals surface area contributed by atoms with Gasteiger partial charge >= 0.3 is 0 Å². The molecule has 0 aliphatic rings. The van der Waals surface area contributed by atoms with Gasteiger partial charge in [0.2, 0.25) is 0 Å². The van der Waals surface area contributed by atoms with Crippen LogP contribution in [0.2, 0.25) is 10.2 Å². The third-order valence-electron chi connectivity index (χ3n) is 1.99. The summed E-state index contributed by atoms with van der Waals surface area (Å²) in [5, 5.41) is 1.00. The number of rotatable bonds is 3. The number of hydrogen-bond donors (Lipinski definition) is 0. The van der Waals surface area contributed by atoms with Gasteiger partial charge in [-0.3, -0.25) is 0 Å². The summed E-state index contributed by atoms with van der Waals surface area (Å²) in [5.41, 5.74) is 0.520. The number of halogens is 3. The normalized spacial score (nSPS) is 10.5. The highest BCUT2D eigenvalue weighted by Gasteiger charge is 2.07. The van der Waals surface area contributed by atoms with Gasteiger partial charge in [0.25, 0.3) is 0 Å². The monoisotopic (exact) mass is 288 g/mol. The van der Waals surface area contributed by atoms with Crippen LogP contribution < -0.4 is 0 Å². The summed E-state index contributed by atoms with van der Waals surface area (Å²) in [6, 6.07) is 6.49.